The van der Waals surface area contributed by atoms with Gasteiger partial charge in [-0.05, 0) is 13.8 Å². The number of ketones is 1. The van der Waals surface area contributed by atoms with E-state index in [9.17, 15) is 4.79 Å². The maximum absolute atomic E-state index is 11.3. The zero-order chi connectivity index (χ0) is 10.6. The van der Waals surface area contributed by atoms with Gasteiger partial charge in [0.1, 0.15) is 6.61 Å². The van der Waals surface area contributed by atoms with Crippen molar-refractivity contribution in [1.82, 2.24) is 15.0 Å². The van der Waals surface area contributed by atoms with Gasteiger partial charge in [0, 0.05) is 13.2 Å². The zero-order valence-corrected chi connectivity index (χ0v) is 8.73. The molecule has 0 radical (unpaired) electrons. The van der Waals surface area contributed by atoms with Crippen LogP contribution in [0.4, 0.5) is 0 Å². The van der Waals surface area contributed by atoms with E-state index in [1.165, 1.54) is 0 Å². The number of hydrogen-bond acceptors (Lipinski definition) is 4. The number of aryl methyl sites for hydroxylation is 1. The summed E-state index contributed by atoms with van der Waals surface area (Å²) in [6.07, 6.45) is 2.11. The Morgan fingerprint density at radius 3 is 2.86 bits per heavy atom. The van der Waals surface area contributed by atoms with Crippen molar-refractivity contribution in [3.8, 4) is 0 Å². The fourth-order valence-corrected chi connectivity index (χ4v) is 0.989. The smallest absolute Gasteiger partial charge is 0.164 e. The van der Waals surface area contributed by atoms with Crippen molar-refractivity contribution in [3.05, 3.63) is 11.9 Å². The van der Waals surface area contributed by atoms with Crippen LogP contribution in [0.3, 0.4) is 0 Å². The number of rotatable bonds is 5. The minimum atomic E-state index is 0.0270. The third kappa shape index (κ3) is 3.66. The highest BCUT2D eigenvalue weighted by atomic mass is 16.5. The molecule has 1 aromatic heterocycles. The molecule has 0 aliphatic heterocycles. The van der Waals surface area contributed by atoms with Gasteiger partial charge in [-0.25, -0.2) is 0 Å². The molecule has 0 N–H and O–H groups in total. The van der Waals surface area contributed by atoms with Crippen molar-refractivity contribution >= 4 is 5.78 Å². The van der Waals surface area contributed by atoms with Gasteiger partial charge in [0.25, 0.3) is 0 Å². The summed E-state index contributed by atoms with van der Waals surface area (Å²) in [5.74, 6) is 0.0270. The number of nitrogens with zero attached hydrogens (tertiary/aromatic N) is 3. The van der Waals surface area contributed by atoms with Gasteiger partial charge in [0.15, 0.2) is 5.78 Å². The molecule has 0 amide bonds. The molecule has 0 saturated carbocycles. The molecule has 0 unspecified atom stereocenters. The maximum atomic E-state index is 11.3. The van der Waals surface area contributed by atoms with Gasteiger partial charge in [-0.2, -0.15) is 0 Å². The first kappa shape index (κ1) is 10.8. The summed E-state index contributed by atoms with van der Waals surface area (Å²) >= 11 is 0. The SMILES string of the molecule is CC(C)OCC(=O)Cc1cn(C)nn1. The van der Waals surface area contributed by atoms with Crippen LogP contribution in [-0.4, -0.2) is 33.5 Å². The Balaban J connectivity index is 2.34. The summed E-state index contributed by atoms with van der Waals surface area (Å²) in [5.41, 5.74) is 0.685. The molecule has 0 aliphatic carbocycles. The standard InChI is InChI=1S/C9H15N3O2/c1-7(2)14-6-9(13)4-8-5-12(3)11-10-8/h5,7H,4,6H2,1-3H3. The highest BCUT2D eigenvalue weighted by Gasteiger charge is 2.07. The molecule has 1 heterocycles. The predicted molar refractivity (Wildman–Crippen MR) is 50.8 cm³/mol. The second-order valence-electron chi connectivity index (χ2n) is 3.46. The molecular formula is C9H15N3O2. The zero-order valence-electron chi connectivity index (χ0n) is 8.73. The second kappa shape index (κ2) is 4.85. The largest absolute Gasteiger partial charge is 0.371 e. The van der Waals surface area contributed by atoms with E-state index in [1.807, 2.05) is 13.8 Å². The number of hydrogen-bond donors (Lipinski definition) is 0. The Morgan fingerprint density at radius 2 is 2.36 bits per heavy atom. The summed E-state index contributed by atoms with van der Waals surface area (Å²) in [6.45, 7) is 3.94. The van der Waals surface area contributed by atoms with Crippen LogP contribution in [0.15, 0.2) is 6.20 Å². The highest BCUT2D eigenvalue weighted by molar-refractivity contribution is 5.81. The first-order valence-corrected chi connectivity index (χ1v) is 4.56. The lowest BCUT2D eigenvalue weighted by Gasteiger charge is -2.04. The Labute approximate surface area is 83.1 Å². The third-order valence-electron chi connectivity index (χ3n) is 1.61. The Hall–Kier alpha value is -1.23. The lowest BCUT2D eigenvalue weighted by atomic mass is 10.2. The van der Waals surface area contributed by atoms with Gasteiger partial charge in [-0.3, -0.25) is 9.48 Å². The molecule has 0 spiro atoms. The molecule has 0 saturated heterocycles. The van der Waals surface area contributed by atoms with E-state index in [1.54, 1.807) is 17.9 Å². The number of ether oxygens (including phenoxy) is 1. The van der Waals surface area contributed by atoms with Crippen LogP contribution in [0.5, 0.6) is 0 Å². The van der Waals surface area contributed by atoms with Crippen LogP contribution in [0.1, 0.15) is 19.5 Å². The second-order valence-corrected chi connectivity index (χ2v) is 3.46. The molecule has 5 nitrogen and oxygen atoms in total. The first-order valence-electron chi connectivity index (χ1n) is 4.56. The van der Waals surface area contributed by atoms with Crippen molar-refractivity contribution in [2.24, 2.45) is 7.05 Å². The Kier molecular flexibility index (Phi) is 3.76. The monoisotopic (exact) mass is 197 g/mol. The molecule has 78 valence electrons. The predicted octanol–water partition coefficient (Wildman–Crippen LogP) is 0.352. The molecule has 0 bridgehead atoms. The summed E-state index contributed by atoms with van der Waals surface area (Å²) in [5, 5.41) is 7.56. The average Bonchev–Trinajstić information content (AvgIpc) is 2.48. The summed E-state index contributed by atoms with van der Waals surface area (Å²) < 4.78 is 6.75. The van der Waals surface area contributed by atoms with E-state index in [2.05, 4.69) is 10.3 Å². The lowest BCUT2D eigenvalue weighted by Crippen LogP contribution is -2.15. The minimum absolute atomic E-state index is 0.0270. The van der Waals surface area contributed by atoms with Crippen LogP contribution < -0.4 is 0 Å². The van der Waals surface area contributed by atoms with Crippen molar-refractivity contribution < 1.29 is 9.53 Å². The molecule has 0 atom stereocenters. The molecule has 0 aliphatic rings. The number of aromatic nitrogens is 3. The quantitative estimate of drug-likeness (QED) is 0.683. The normalized spacial score (nSPS) is 10.9. The average molecular weight is 197 g/mol. The van der Waals surface area contributed by atoms with Gasteiger partial charge in [0.05, 0.1) is 18.2 Å². The molecule has 5 heteroatoms. The van der Waals surface area contributed by atoms with E-state index in [0.29, 0.717) is 12.1 Å². The van der Waals surface area contributed by atoms with E-state index >= 15 is 0 Å². The fraction of sp³-hybridized carbons (Fsp3) is 0.667. The van der Waals surface area contributed by atoms with Crippen LogP contribution in [0.2, 0.25) is 0 Å². The van der Waals surface area contributed by atoms with E-state index in [-0.39, 0.29) is 18.5 Å². The summed E-state index contributed by atoms with van der Waals surface area (Å²) in [4.78, 5) is 11.3. The highest BCUT2D eigenvalue weighted by Crippen LogP contribution is 1.96. The Morgan fingerprint density at radius 1 is 1.64 bits per heavy atom. The van der Waals surface area contributed by atoms with Crippen LogP contribution in [0, 0.1) is 0 Å². The van der Waals surface area contributed by atoms with Crippen molar-refractivity contribution in [2.45, 2.75) is 26.4 Å². The molecule has 0 aromatic carbocycles. The van der Waals surface area contributed by atoms with Crippen molar-refractivity contribution in [1.29, 1.82) is 0 Å². The van der Waals surface area contributed by atoms with Gasteiger partial charge < -0.3 is 4.74 Å². The van der Waals surface area contributed by atoms with Gasteiger partial charge in [-0.1, -0.05) is 5.21 Å². The third-order valence-corrected chi connectivity index (χ3v) is 1.61. The van der Waals surface area contributed by atoms with Crippen molar-refractivity contribution in [2.75, 3.05) is 6.61 Å². The van der Waals surface area contributed by atoms with Gasteiger partial charge in [-0.15, -0.1) is 5.10 Å². The van der Waals surface area contributed by atoms with Gasteiger partial charge >= 0.3 is 0 Å². The first-order chi connectivity index (χ1) is 6.58. The van der Waals surface area contributed by atoms with Crippen LogP contribution >= 0.6 is 0 Å². The number of carbonyl (C=O) groups excluding carboxylic acids is 1. The minimum Gasteiger partial charge on any atom is -0.371 e. The maximum Gasteiger partial charge on any atom is 0.164 e. The van der Waals surface area contributed by atoms with Crippen molar-refractivity contribution in [3.63, 3.8) is 0 Å². The fourth-order valence-electron chi connectivity index (χ4n) is 0.989. The lowest BCUT2D eigenvalue weighted by molar-refractivity contribution is -0.124. The number of carbonyl (C=O) groups is 1. The summed E-state index contributed by atoms with van der Waals surface area (Å²) in [6, 6.07) is 0. The van der Waals surface area contributed by atoms with Gasteiger partial charge in [0.2, 0.25) is 0 Å². The molecule has 14 heavy (non-hydrogen) atoms. The molecule has 0 fully saturated rings. The summed E-state index contributed by atoms with van der Waals surface area (Å²) in [7, 11) is 1.77. The number of Topliss-reactive ketones (excluding diaryl/α,β-unsaturated/α-hetero) is 1. The molecular weight excluding hydrogens is 182 g/mol. The topological polar surface area (TPSA) is 57.0 Å². The molecule has 1 aromatic rings. The Bertz CT molecular complexity index is 307. The van der Waals surface area contributed by atoms with E-state index in [4.69, 9.17) is 4.74 Å². The van der Waals surface area contributed by atoms with E-state index < -0.39 is 0 Å². The molecule has 1 rings (SSSR count). The van der Waals surface area contributed by atoms with Crippen LogP contribution in [-0.2, 0) is 23.0 Å². The van der Waals surface area contributed by atoms with E-state index in [0.717, 1.165) is 0 Å². The van der Waals surface area contributed by atoms with Crippen LogP contribution in [0.25, 0.3) is 0 Å².